The van der Waals surface area contributed by atoms with E-state index in [0.717, 1.165) is 5.56 Å². The van der Waals surface area contributed by atoms with Crippen LogP contribution in [0, 0.1) is 34.0 Å². The third kappa shape index (κ3) is 2.85. The Hall–Kier alpha value is -3.42. The van der Waals surface area contributed by atoms with Crippen LogP contribution >= 0.6 is 0 Å². The molecule has 0 unspecified atom stereocenters. The van der Waals surface area contributed by atoms with Crippen LogP contribution < -0.4 is 0 Å². The molecule has 0 amide bonds. The monoisotopic (exact) mass is 285 g/mol. The van der Waals surface area contributed by atoms with Crippen molar-refractivity contribution in [2.24, 2.45) is 0 Å². The third-order valence-electron chi connectivity index (χ3n) is 3.44. The van der Waals surface area contributed by atoms with E-state index in [-0.39, 0.29) is 12.0 Å². The van der Waals surface area contributed by atoms with E-state index in [1.165, 1.54) is 18.2 Å². The van der Waals surface area contributed by atoms with Crippen LogP contribution in [0.15, 0.2) is 54.6 Å². The first-order valence-corrected chi connectivity index (χ1v) is 6.56. The van der Waals surface area contributed by atoms with E-state index >= 15 is 0 Å². The van der Waals surface area contributed by atoms with Gasteiger partial charge in [0.25, 0.3) is 5.78 Å². The molecule has 0 aliphatic heterocycles. The van der Waals surface area contributed by atoms with Gasteiger partial charge in [-0.3, -0.25) is 4.79 Å². The van der Waals surface area contributed by atoms with Crippen LogP contribution in [0.1, 0.15) is 21.5 Å². The SMILES string of the molecule is N#CC(=O)c1ccc(C(C#N)(C#N)Cc2ccccc2)cc1. The minimum Gasteiger partial charge on any atom is -0.277 e. The van der Waals surface area contributed by atoms with Gasteiger partial charge in [-0.25, -0.2) is 0 Å². The van der Waals surface area contributed by atoms with Crippen molar-refractivity contribution in [2.45, 2.75) is 11.8 Å². The average Bonchev–Trinajstić information content (AvgIpc) is 2.60. The lowest BCUT2D eigenvalue weighted by Crippen LogP contribution is -2.25. The molecule has 0 bridgehead atoms. The number of rotatable bonds is 4. The minimum atomic E-state index is -1.32. The Balaban J connectivity index is 2.41. The van der Waals surface area contributed by atoms with E-state index in [2.05, 4.69) is 12.1 Å². The predicted octanol–water partition coefficient (Wildman–Crippen LogP) is 2.92. The number of carbonyl (C=O) groups is 1. The lowest BCUT2D eigenvalue weighted by molar-refractivity contribution is 0.105. The van der Waals surface area contributed by atoms with Gasteiger partial charge in [0.05, 0.1) is 12.1 Å². The van der Waals surface area contributed by atoms with E-state index < -0.39 is 11.2 Å². The van der Waals surface area contributed by atoms with Crippen LogP contribution in [0.4, 0.5) is 0 Å². The summed E-state index contributed by atoms with van der Waals surface area (Å²) in [6.07, 6.45) is 0.256. The van der Waals surface area contributed by atoms with Crippen molar-refractivity contribution in [2.75, 3.05) is 0 Å². The zero-order chi connectivity index (χ0) is 16.0. The second-order valence-electron chi connectivity index (χ2n) is 4.81. The summed E-state index contributed by atoms with van der Waals surface area (Å²) in [6, 6.07) is 21.0. The van der Waals surface area contributed by atoms with Crippen LogP contribution in [0.3, 0.4) is 0 Å². The zero-order valence-electron chi connectivity index (χ0n) is 11.7. The highest BCUT2D eigenvalue weighted by Crippen LogP contribution is 2.28. The highest BCUT2D eigenvalue weighted by atomic mass is 16.1. The maximum absolute atomic E-state index is 11.3. The fourth-order valence-corrected chi connectivity index (χ4v) is 2.21. The summed E-state index contributed by atoms with van der Waals surface area (Å²) in [6.45, 7) is 0. The Morgan fingerprint density at radius 3 is 2.00 bits per heavy atom. The molecule has 0 saturated heterocycles. The molecule has 0 fully saturated rings. The molecule has 0 saturated carbocycles. The van der Waals surface area contributed by atoms with E-state index in [1.54, 1.807) is 12.1 Å². The molecule has 104 valence electrons. The molecule has 2 rings (SSSR count). The Bertz CT molecular complexity index is 789. The van der Waals surface area contributed by atoms with E-state index in [0.29, 0.717) is 5.56 Å². The summed E-state index contributed by atoms with van der Waals surface area (Å²) in [4.78, 5) is 11.3. The third-order valence-corrected chi connectivity index (χ3v) is 3.44. The van der Waals surface area contributed by atoms with Gasteiger partial charge in [-0.2, -0.15) is 15.8 Å². The molecular weight excluding hydrogens is 274 g/mol. The maximum atomic E-state index is 11.3. The second kappa shape index (κ2) is 6.35. The number of carbonyl (C=O) groups excluding carboxylic acids is 1. The van der Waals surface area contributed by atoms with Gasteiger partial charge in [0.1, 0.15) is 6.07 Å². The van der Waals surface area contributed by atoms with E-state index in [4.69, 9.17) is 5.26 Å². The normalized spacial score (nSPS) is 10.0. The number of Topliss-reactive ketones (excluding diaryl/α,β-unsaturated/α-hetero) is 1. The van der Waals surface area contributed by atoms with Crippen LogP contribution in [-0.2, 0) is 11.8 Å². The topological polar surface area (TPSA) is 88.4 Å². The molecule has 0 aromatic heterocycles. The second-order valence-corrected chi connectivity index (χ2v) is 4.81. The molecule has 22 heavy (non-hydrogen) atoms. The molecule has 0 aliphatic rings. The molecule has 0 atom stereocenters. The van der Waals surface area contributed by atoms with E-state index in [1.807, 2.05) is 30.3 Å². The molecule has 4 heteroatoms. The maximum Gasteiger partial charge on any atom is 0.262 e. The van der Waals surface area contributed by atoms with Gasteiger partial charge in [0.2, 0.25) is 0 Å². The number of benzene rings is 2. The van der Waals surface area contributed by atoms with Crippen LogP contribution in [-0.4, -0.2) is 5.78 Å². The van der Waals surface area contributed by atoms with Gasteiger partial charge in [0.15, 0.2) is 5.41 Å². The average molecular weight is 285 g/mol. The van der Waals surface area contributed by atoms with Gasteiger partial charge < -0.3 is 0 Å². The largest absolute Gasteiger partial charge is 0.277 e. The Kier molecular flexibility index (Phi) is 4.33. The highest BCUT2D eigenvalue weighted by molar-refractivity contribution is 6.07. The first-order chi connectivity index (χ1) is 10.6. The smallest absolute Gasteiger partial charge is 0.262 e. The quantitative estimate of drug-likeness (QED) is 0.638. The summed E-state index contributed by atoms with van der Waals surface area (Å²) in [5.41, 5.74) is 0.310. The number of nitriles is 3. The molecule has 0 aliphatic carbocycles. The Morgan fingerprint density at radius 1 is 0.909 bits per heavy atom. The number of hydrogen-bond acceptors (Lipinski definition) is 4. The lowest BCUT2D eigenvalue weighted by Gasteiger charge is -2.19. The molecule has 0 heterocycles. The van der Waals surface area contributed by atoms with Crippen molar-refractivity contribution in [3.8, 4) is 18.2 Å². The van der Waals surface area contributed by atoms with Crippen LogP contribution in [0.5, 0.6) is 0 Å². The Labute approximate surface area is 128 Å². The number of nitrogens with zero attached hydrogens (tertiary/aromatic N) is 3. The van der Waals surface area contributed by atoms with Gasteiger partial charge in [-0.05, 0) is 23.3 Å². The summed E-state index contributed by atoms with van der Waals surface area (Å²) in [7, 11) is 0. The molecule has 0 radical (unpaired) electrons. The molecule has 2 aromatic rings. The van der Waals surface area contributed by atoms with Gasteiger partial charge >= 0.3 is 0 Å². The molecular formula is C18H11N3O. The van der Waals surface area contributed by atoms with Crippen molar-refractivity contribution in [3.63, 3.8) is 0 Å². The van der Waals surface area contributed by atoms with Crippen molar-refractivity contribution in [3.05, 3.63) is 71.3 Å². The highest BCUT2D eigenvalue weighted by Gasteiger charge is 2.33. The molecule has 4 nitrogen and oxygen atoms in total. The van der Waals surface area contributed by atoms with Gasteiger partial charge in [-0.1, -0.05) is 42.5 Å². The fraction of sp³-hybridized carbons (Fsp3) is 0.111. The lowest BCUT2D eigenvalue weighted by atomic mass is 9.78. The molecule has 2 aromatic carbocycles. The summed E-state index contributed by atoms with van der Waals surface area (Å²) in [5, 5.41) is 27.6. The first-order valence-electron chi connectivity index (χ1n) is 6.56. The van der Waals surface area contributed by atoms with Crippen molar-refractivity contribution in [1.82, 2.24) is 0 Å². The summed E-state index contributed by atoms with van der Waals surface area (Å²) >= 11 is 0. The molecule has 0 N–H and O–H groups in total. The van der Waals surface area contributed by atoms with E-state index in [9.17, 15) is 15.3 Å². The van der Waals surface area contributed by atoms with Crippen molar-refractivity contribution < 1.29 is 4.79 Å². The predicted molar refractivity (Wildman–Crippen MR) is 79.4 cm³/mol. The fourth-order valence-electron chi connectivity index (χ4n) is 2.21. The van der Waals surface area contributed by atoms with Gasteiger partial charge in [-0.15, -0.1) is 0 Å². The van der Waals surface area contributed by atoms with Crippen molar-refractivity contribution >= 4 is 5.78 Å². The first kappa shape index (κ1) is 15.0. The summed E-state index contributed by atoms with van der Waals surface area (Å²) in [5.74, 6) is -0.644. The number of hydrogen-bond donors (Lipinski definition) is 0. The van der Waals surface area contributed by atoms with Crippen LogP contribution in [0.25, 0.3) is 0 Å². The molecule has 0 spiro atoms. The zero-order valence-corrected chi connectivity index (χ0v) is 11.7. The standard InChI is InChI=1S/C18H11N3O/c19-11-17(22)15-6-8-16(9-7-15)18(12-20,13-21)10-14-4-2-1-3-5-14/h1-9H,10H2. The van der Waals surface area contributed by atoms with Crippen molar-refractivity contribution in [1.29, 1.82) is 15.8 Å². The minimum absolute atomic E-state index is 0.246. The van der Waals surface area contributed by atoms with Crippen LogP contribution in [0.2, 0.25) is 0 Å². The number of ketones is 1. The summed E-state index contributed by atoms with van der Waals surface area (Å²) < 4.78 is 0. The van der Waals surface area contributed by atoms with Gasteiger partial charge in [0, 0.05) is 12.0 Å². The Morgan fingerprint density at radius 2 is 1.50 bits per heavy atom.